The Labute approximate surface area is 178 Å². The molecule has 0 bridgehead atoms. The molecular formula is C22H28ClN3O4. The van der Waals surface area contributed by atoms with Crippen molar-refractivity contribution in [3.05, 3.63) is 35.5 Å². The van der Waals surface area contributed by atoms with E-state index in [0.29, 0.717) is 11.5 Å². The molecule has 1 N–H and O–H groups in total. The highest BCUT2D eigenvalue weighted by molar-refractivity contribution is 5.86. The Morgan fingerprint density at radius 1 is 1.27 bits per heavy atom. The second-order valence-electron chi connectivity index (χ2n) is 8.75. The third-order valence-electron chi connectivity index (χ3n) is 7.12. The third kappa shape index (κ3) is 3.73. The van der Waals surface area contributed by atoms with Crippen LogP contribution in [0.2, 0.25) is 0 Å². The molecule has 1 aromatic heterocycles. The van der Waals surface area contributed by atoms with Gasteiger partial charge in [0.15, 0.2) is 0 Å². The Bertz CT molecular complexity index is 958. The maximum atomic E-state index is 10.0. The summed E-state index contributed by atoms with van der Waals surface area (Å²) in [4.78, 5) is 2.75. The van der Waals surface area contributed by atoms with Crippen molar-refractivity contribution in [2.75, 3.05) is 13.1 Å². The van der Waals surface area contributed by atoms with Gasteiger partial charge in [-0.05, 0) is 55.7 Å². The fourth-order valence-corrected chi connectivity index (χ4v) is 6.18. The molecule has 4 heterocycles. The predicted octanol–water partition coefficient (Wildman–Crippen LogP) is 0.855. The topological polar surface area (TPSA) is 121 Å². The molecule has 3 aliphatic rings. The maximum Gasteiger partial charge on any atom is 0.121 e. The van der Waals surface area contributed by atoms with Crippen molar-refractivity contribution in [3.63, 3.8) is 0 Å². The van der Waals surface area contributed by atoms with Gasteiger partial charge >= 0.3 is 0 Å². The second-order valence-corrected chi connectivity index (χ2v) is 9.55. The van der Waals surface area contributed by atoms with Gasteiger partial charge in [0, 0.05) is 23.1 Å². The van der Waals surface area contributed by atoms with Gasteiger partial charge in [0.05, 0.1) is 27.0 Å². The lowest BCUT2D eigenvalue weighted by atomic mass is 9.62. The highest BCUT2D eigenvalue weighted by Gasteiger charge is 2.53. The van der Waals surface area contributed by atoms with Crippen molar-refractivity contribution in [2.45, 2.75) is 64.0 Å². The van der Waals surface area contributed by atoms with Crippen LogP contribution in [0.1, 0.15) is 68.8 Å². The molecular weight excluding hydrogens is 406 g/mol. The number of piperidine rings is 1. The van der Waals surface area contributed by atoms with E-state index in [2.05, 4.69) is 46.7 Å². The van der Waals surface area contributed by atoms with Crippen molar-refractivity contribution in [2.24, 2.45) is 5.41 Å². The van der Waals surface area contributed by atoms with Gasteiger partial charge < -0.3 is 4.57 Å². The number of benzene rings is 1. The molecule has 1 aromatic carbocycles. The van der Waals surface area contributed by atoms with E-state index in [9.17, 15) is 5.26 Å². The van der Waals surface area contributed by atoms with Gasteiger partial charge in [-0.3, -0.25) is 4.90 Å². The van der Waals surface area contributed by atoms with Crippen molar-refractivity contribution < 1.29 is 28.9 Å². The first-order valence-corrected chi connectivity index (χ1v) is 11.9. The molecule has 1 saturated heterocycles. The van der Waals surface area contributed by atoms with Gasteiger partial charge in [0.25, 0.3) is 0 Å². The minimum atomic E-state index is -4.69. The first kappa shape index (κ1) is 21.6. The summed E-state index contributed by atoms with van der Waals surface area (Å²) in [7, 11) is -4.69. The van der Waals surface area contributed by atoms with E-state index in [0.717, 1.165) is 12.8 Å². The third-order valence-corrected chi connectivity index (χ3v) is 7.12. The smallest absolute Gasteiger partial charge is 0.121 e. The number of rotatable bonds is 3. The predicted molar refractivity (Wildman–Crippen MR) is 103 cm³/mol. The van der Waals surface area contributed by atoms with Gasteiger partial charge in [-0.25, -0.2) is 0 Å². The van der Waals surface area contributed by atoms with E-state index >= 15 is 0 Å². The number of aromatic nitrogens is 1. The molecule has 3 atom stereocenters. The Balaban J connectivity index is 0.000000393. The Kier molecular flexibility index (Phi) is 5.84. The van der Waals surface area contributed by atoms with Gasteiger partial charge in [0.1, 0.15) is 6.04 Å². The highest BCUT2D eigenvalue weighted by Crippen LogP contribution is 2.60. The standard InChI is InChI=1S/C22H27N3.ClHO4/c1-2-3-10-22-11-6-12-24-13-9-18-17-7-4-5-8-19(17)25(16(14-22)15-23)20(18)21(22)24;2-1(3,4)5/h4-5,7-8,16,21H,2-3,6,9-14H2,1H3;(H,2,3,4,5)/t16?,21-,22+;/m0./s1. The fraction of sp³-hybridized carbons (Fsp3) is 0.591. The van der Waals surface area contributed by atoms with Gasteiger partial charge in [-0.2, -0.15) is 19.2 Å². The molecule has 162 valence electrons. The van der Waals surface area contributed by atoms with E-state index in [1.54, 1.807) is 5.56 Å². The quantitative estimate of drug-likeness (QED) is 0.765. The molecule has 1 fully saturated rings. The van der Waals surface area contributed by atoms with Crippen LogP contribution in [0.3, 0.4) is 0 Å². The minimum Gasteiger partial charge on any atom is -0.326 e. The molecule has 7 nitrogen and oxygen atoms in total. The summed E-state index contributed by atoms with van der Waals surface area (Å²) in [5, 5.41) is 11.4. The molecule has 0 amide bonds. The lowest BCUT2D eigenvalue weighted by molar-refractivity contribution is -1.92. The first-order valence-electron chi connectivity index (χ1n) is 10.7. The number of fused-ring (bicyclic) bond motifs is 3. The molecule has 30 heavy (non-hydrogen) atoms. The summed E-state index contributed by atoms with van der Waals surface area (Å²) in [5.74, 6) is 0. The van der Waals surface area contributed by atoms with Gasteiger partial charge in [0.2, 0.25) is 0 Å². The Morgan fingerprint density at radius 2 is 2.00 bits per heavy atom. The summed E-state index contributed by atoms with van der Waals surface area (Å²) in [6.07, 6.45) is 8.60. The van der Waals surface area contributed by atoms with E-state index in [4.69, 9.17) is 18.6 Å². The van der Waals surface area contributed by atoms with Gasteiger partial charge in [-0.15, -0.1) is 0 Å². The number of hydrogen-bond acceptors (Lipinski definition) is 6. The molecule has 1 unspecified atom stereocenters. The molecule has 2 aromatic rings. The summed E-state index contributed by atoms with van der Waals surface area (Å²) >= 11 is 0. The normalized spacial score (nSPS) is 27.7. The van der Waals surface area contributed by atoms with Crippen molar-refractivity contribution in [1.82, 2.24) is 9.47 Å². The number of halogens is 1. The molecule has 8 heteroatoms. The zero-order chi connectivity index (χ0) is 21.5. The Morgan fingerprint density at radius 3 is 2.70 bits per heavy atom. The van der Waals surface area contributed by atoms with Gasteiger partial charge in [-0.1, -0.05) is 38.0 Å². The number of hydrogen-bond donors (Lipinski definition) is 1. The largest absolute Gasteiger partial charge is 0.326 e. The number of nitrogens with zero attached hydrogens (tertiary/aromatic N) is 3. The zero-order valence-electron chi connectivity index (χ0n) is 17.2. The lowest BCUT2D eigenvalue weighted by Gasteiger charge is -2.56. The maximum absolute atomic E-state index is 10.0. The number of nitriles is 1. The van der Waals surface area contributed by atoms with Crippen LogP contribution in [0, 0.1) is 27.0 Å². The fourth-order valence-electron chi connectivity index (χ4n) is 6.18. The van der Waals surface area contributed by atoms with Crippen LogP contribution in [-0.2, 0) is 6.42 Å². The van der Waals surface area contributed by atoms with Crippen LogP contribution in [0.4, 0.5) is 0 Å². The number of unbranched alkanes of at least 4 members (excludes halogenated alkanes) is 1. The zero-order valence-corrected chi connectivity index (χ0v) is 18.0. The van der Waals surface area contributed by atoms with Crippen LogP contribution in [0.25, 0.3) is 10.9 Å². The van der Waals surface area contributed by atoms with Crippen molar-refractivity contribution >= 4 is 10.9 Å². The summed E-state index contributed by atoms with van der Waals surface area (Å²) < 4.78 is 35.1. The summed E-state index contributed by atoms with van der Waals surface area (Å²) in [6, 6.07) is 12.0. The Hall–Kier alpha value is -1.66. The van der Waals surface area contributed by atoms with E-state index < -0.39 is 10.2 Å². The van der Waals surface area contributed by atoms with E-state index in [1.807, 2.05) is 0 Å². The summed E-state index contributed by atoms with van der Waals surface area (Å²) in [6.45, 7) is 4.72. The first-order chi connectivity index (χ1) is 14.3. The molecule has 0 radical (unpaired) electrons. The minimum absolute atomic E-state index is 0.000180. The van der Waals surface area contributed by atoms with Crippen LogP contribution in [0.5, 0.6) is 0 Å². The number of para-hydroxylation sites is 1. The van der Waals surface area contributed by atoms with Crippen LogP contribution in [0.15, 0.2) is 24.3 Å². The SMILES string of the molecule is CCCC[C@@]12CCCN3CCc4c(n(c5ccccc45)C(C#N)C1)[C@H]32.[O-][Cl+3]([O-])([O-])O. The molecule has 5 rings (SSSR count). The van der Waals surface area contributed by atoms with Crippen molar-refractivity contribution in [1.29, 1.82) is 5.26 Å². The van der Waals surface area contributed by atoms with Crippen LogP contribution >= 0.6 is 0 Å². The summed E-state index contributed by atoms with van der Waals surface area (Å²) in [5.41, 5.74) is 4.64. The molecule has 0 aliphatic carbocycles. The van der Waals surface area contributed by atoms with Crippen molar-refractivity contribution in [3.8, 4) is 6.07 Å². The average molecular weight is 434 g/mol. The van der Waals surface area contributed by atoms with Crippen LogP contribution < -0.4 is 14.0 Å². The molecule has 0 spiro atoms. The lowest BCUT2D eigenvalue weighted by Crippen LogP contribution is -2.58. The second kappa shape index (κ2) is 8.12. The van der Waals surface area contributed by atoms with E-state index in [1.165, 1.54) is 61.8 Å². The highest BCUT2D eigenvalue weighted by atomic mass is 35.7. The molecule has 3 aliphatic heterocycles. The van der Waals surface area contributed by atoms with E-state index in [-0.39, 0.29) is 6.04 Å². The van der Waals surface area contributed by atoms with Crippen LogP contribution in [-0.4, -0.2) is 27.2 Å². The average Bonchev–Trinajstić information content (AvgIpc) is 3.05. The monoisotopic (exact) mass is 433 g/mol. The molecule has 0 saturated carbocycles.